The maximum Gasteiger partial charge on any atom is 0.222 e. The number of nitrogens with one attached hydrogen (secondary N) is 1. The first-order valence-electron chi connectivity index (χ1n) is 9.78. The van der Waals surface area contributed by atoms with Gasteiger partial charge in [-0.1, -0.05) is 37.3 Å². The van der Waals surface area contributed by atoms with Crippen LogP contribution in [0.2, 0.25) is 0 Å². The number of hydrogen-bond donors (Lipinski definition) is 1. The number of nitrogens with zero attached hydrogens (tertiary/aromatic N) is 1. The van der Waals surface area contributed by atoms with Crippen molar-refractivity contribution in [3.63, 3.8) is 0 Å². The predicted octanol–water partition coefficient (Wildman–Crippen LogP) is 3.56. The second kappa shape index (κ2) is 6.87. The van der Waals surface area contributed by atoms with Crippen molar-refractivity contribution in [2.75, 3.05) is 13.1 Å². The Bertz CT molecular complexity index is 560. The van der Waals surface area contributed by atoms with Crippen LogP contribution in [0.4, 0.5) is 0 Å². The van der Waals surface area contributed by atoms with Gasteiger partial charge in [-0.15, -0.1) is 0 Å². The number of carbonyl (C=O) groups excluding carboxylic acids is 1. The fourth-order valence-corrected chi connectivity index (χ4v) is 5.29. The van der Waals surface area contributed by atoms with Crippen LogP contribution >= 0.6 is 0 Å². The molecular formula is C21H30N2O. The van der Waals surface area contributed by atoms with Crippen molar-refractivity contribution in [3.05, 3.63) is 35.9 Å². The van der Waals surface area contributed by atoms with E-state index in [0.717, 1.165) is 25.9 Å². The predicted molar refractivity (Wildman–Crippen MR) is 96.8 cm³/mol. The van der Waals surface area contributed by atoms with Crippen LogP contribution in [0.15, 0.2) is 30.3 Å². The molecule has 0 radical (unpaired) electrons. The number of rotatable bonds is 3. The number of likely N-dealkylation sites (tertiary alicyclic amines) is 1. The molecule has 2 bridgehead atoms. The van der Waals surface area contributed by atoms with Gasteiger partial charge >= 0.3 is 0 Å². The van der Waals surface area contributed by atoms with Crippen LogP contribution in [0.25, 0.3) is 0 Å². The van der Waals surface area contributed by atoms with E-state index in [2.05, 4.69) is 47.5 Å². The molecule has 24 heavy (non-hydrogen) atoms. The molecule has 0 spiro atoms. The summed E-state index contributed by atoms with van der Waals surface area (Å²) in [7, 11) is 0. The third-order valence-corrected chi connectivity index (χ3v) is 6.52. The van der Waals surface area contributed by atoms with Gasteiger partial charge < -0.3 is 10.2 Å². The minimum atomic E-state index is 0.402. The highest BCUT2D eigenvalue weighted by molar-refractivity contribution is 5.76. The zero-order valence-corrected chi connectivity index (χ0v) is 14.8. The van der Waals surface area contributed by atoms with Crippen LogP contribution < -0.4 is 5.32 Å². The molecule has 3 heterocycles. The highest BCUT2D eigenvalue weighted by atomic mass is 16.2. The largest absolute Gasteiger partial charge is 0.342 e. The highest BCUT2D eigenvalue weighted by Crippen LogP contribution is 2.35. The van der Waals surface area contributed by atoms with E-state index in [1.165, 1.54) is 31.2 Å². The van der Waals surface area contributed by atoms with E-state index < -0.39 is 0 Å². The monoisotopic (exact) mass is 326 g/mol. The van der Waals surface area contributed by atoms with Gasteiger partial charge in [0.05, 0.1) is 0 Å². The Hall–Kier alpha value is -1.35. The summed E-state index contributed by atoms with van der Waals surface area (Å²) in [4.78, 5) is 14.9. The van der Waals surface area contributed by atoms with Crippen LogP contribution in [0.1, 0.15) is 56.9 Å². The topological polar surface area (TPSA) is 32.3 Å². The molecule has 3 aliphatic heterocycles. The summed E-state index contributed by atoms with van der Waals surface area (Å²) in [6, 6.07) is 12.2. The van der Waals surface area contributed by atoms with E-state index in [-0.39, 0.29) is 0 Å². The first kappa shape index (κ1) is 16.1. The van der Waals surface area contributed by atoms with E-state index in [1.807, 2.05) is 0 Å². The minimum Gasteiger partial charge on any atom is -0.342 e. The van der Waals surface area contributed by atoms with Gasteiger partial charge in [0.2, 0.25) is 5.91 Å². The van der Waals surface area contributed by atoms with Crippen LogP contribution in [0.3, 0.4) is 0 Å². The van der Waals surface area contributed by atoms with Gasteiger partial charge in [-0.05, 0) is 55.4 Å². The second-order valence-electron chi connectivity index (χ2n) is 8.30. The second-order valence-corrected chi connectivity index (χ2v) is 8.30. The Kier molecular flexibility index (Phi) is 4.62. The van der Waals surface area contributed by atoms with Gasteiger partial charge in [0.1, 0.15) is 0 Å². The van der Waals surface area contributed by atoms with Gasteiger partial charge in [0.15, 0.2) is 0 Å². The number of amides is 1. The quantitative estimate of drug-likeness (QED) is 0.921. The van der Waals surface area contributed by atoms with Gasteiger partial charge in [-0.3, -0.25) is 4.79 Å². The molecule has 4 rings (SSSR count). The first-order valence-corrected chi connectivity index (χ1v) is 9.78. The Balaban J connectivity index is 1.32. The molecule has 5 atom stereocenters. The van der Waals surface area contributed by atoms with E-state index in [0.29, 0.717) is 35.7 Å². The fourth-order valence-electron chi connectivity index (χ4n) is 5.29. The molecule has 1 aromatic rings. The van der Waals surface area contributed by atoms with Crippen molar-refractivity contribution in [2.45, 2.75) is 63.5 Å². The molecule has 130 valence electrons. The molecule has 3 saturated heterocycles. The van der Waals surface area contributed by atoms with Gasteiger partial charge in [0, 0.05) is 31.6 Å². The molecule has 0 aliphatic carbocycles. The van der Waals surface area contributed by atoms with Crippen molar-refractivity contribution < 1.29 is 4.79 Å². The normalized spacial score (nSPS) is 35.9. The number of hydrogen-bond acceptors (Lipinski definition) is 2. The molecule has 3 nitrogen and oxygen atoms in total. The maximum atomic E-state index is 12.8. The lowest BCUT2D eigenvalue weighted by atomic mass is 9.81. The fraction of sp³-hybridized carbons (Fsp3) is 0.667. The molecule has 3 heteroatoms. The molecule has 1 unspecified atom stereocenters. The molecule has 0 aromatic heterocycles. The number of fused-ring (bicyclic) bond motifs is 2. The van der Waals surface area contributed by atoms with Gasteiger partial charge in [-0.25, -0.2) is 0 Å². The Morgan fingerprint density at radius 3 is 2.50 bits per heavy atom. The maximum absolute atomic E-state index is 12.8. The third kappa shape index (κ3) is 3.37. The Labute approximate surface area is 145 Å². The standard InChI is InChI=1S/C21H30N2O/c1-15-14-23(10-9-20(15)17-5-3-2-4-6-17)21(24)13-16-11-18-7-8-19(12-16)22-18/h2-6,15-16,18-20,22H,7-14H2,1H3/t15-,16?,18-,19+,20+/m1/s1. The van der Waals surface area contributed by atoms with Crippen LogP contribution in [-0.4, -0.2) is 36.0 Å². The van der Waals surface area contributed by atoms with Crippen LogP contribution in [-0.2, 0) is 4.79 Å². The average Bonchev–Trinajstić information content (AvgIpc) is 2.94. The molecule has 1 amide bonds. The lowest BCUT2D eigenvalue weighted by Crippen LogP contribution is -2.44. The number of piperidine rings is 2. The smallest absolute Gasteiger partial charge is 0.222 e. The lowest BCUT2D eigenvalue weighted by molar-refractivity contribution is -0.134. The van der Waals surface area contributed by atoms with Crippen molar-refractivity contribution >= 4 is 5.91 Å². The van der Waals surface area contributed by atoms with E-state index in [9.17, 15) is 4.79 Å². The minimum absolute atomic E-state index is 0.402. The summed E-state index contributed by atoms with van der Waals surface area (Å²) in [5, 5.41) is 3.68. The summed E-state index contributed by atoms with van der Waals surface area (Å²) in [6.45, 7) is 4.17. The molecular weight excluding hydrogens is 296 g/mol. The molecule has 3 fully saturated rings. The third-order valence-electron chi connectivity index (χ3n) is 6.52. The zero-order valence-electron chi connectivity index (χ0n) is 14.8. The van der Waals surface area contributed by atoms with Crippen molar-refractivity contribution in [2.24, 2.45) is 11.8 Å². The van der Waals surface area contributed by atoms with Crippen molar-refractivity contribution in [3.8, 4) is 0 Å². The highest BCUT2D eigenvalue weighted by Gasteiger charge is 2.36. The number of carbonyl (C=O) groups is 1. The lowest BCUT2D eigenvalue weighted by Gasteiger charge is -2.38. The molecule has 0 saturated carbocycles. The number of benzene rings is 1. The Morgan fingerprint density at radius 2 is 1.83 bits per heavy atom. The molecule has 1 aromatic carbocycles. The SMILES string of the molecule is C[C@@H]1CN(C(=O)CC2C[C@H]3CC[C@@H](C2)N3)CC[C@@H]1c1ccccc1. The zero-order chi connectivity index (χ0) is 16.5. The summed E-state index contributed by atoms with van der Waals surface area (Å²) in [6.07, 6.45) is 6.92. The Morgan fingerprint density at radius 1 is 1.12 bits per heavy atom. The summed E-state index contributed by atoms with van der Waals surface area (Å²) < 4.78 is 0. The summed E-state index contributed by atoms with van der Waals surface area (Å²) in [5.74, 6) is 2.16. The van der Waals surface area contributed by atoms with Crippen molar-refractivity contribution in [1.82, 2.24) is 10.2 Å². The molecule has 3 aliphatic rings. The molecule has 1 N–H and O–H groups in total. The van der Waals surface area contributed by atoms with E-state index in [4.69, 9.17) is 0 Å². The summed E-state index contributed by atoms with van der Waals surface area (Å²) >= 11 is 0. The first-order chi connectivity index (χ1) is 11.7. The van der Waals surface area contributed by atoms with Crippen molar-refractivity contribution in [1.29, 1.82) is 0 Å². The van der Waals surface area contributed by atoms with Crippen LogP contribution in [0.5, 0.6) is 0 Å². The average molecular weight is 326 g/mol. The van der Waals surface area contributed by atoms with Gasteiger partial charge in [0.25, 0.3) is 0 Å². The van der Waals surface area contributed by atoms with E-state index in [1.54, 1.807) is 0 Å². The van der Waals surface area contributed by atoms with Crippen LogP contribution in [0, 0.1) is 11.8 Å². The van der Waals surface area contributed by atoms with Gasteiger partial charge in [-0.2, -0.15) is 0 Å². The summed E-state index contributed by atoms with van der Waals surface area (Å²) in [5.41, 5.74) is 1.44. The van der Waals surface area contributed by atoms with E-state index >= 15 is 0 Å².